The molecule has 1 heterocycles. The highest BCUT2D eigenvalue weighted by molar-refractivity contribution is 6.51. The summed E-state index contributed by atoms with van der Waals surface area (Å²) >= 11 is 0. The summed E-state index contributed by atoms with van der Waals surface area (Å²) in [5.74, 6) is -2.30. The van der Waals surface area contributed by atoms with Crippen LogP contribution in [0.4, 0.5) is 11.4 Å². The van der Waals surface area contributed by atoms with Gasteiger partial charge in [-0.15, -0.1) is 0 Å². The summed E-state index contributed by atoms with van der Waals surface area (Å²) < 4.78 is 4.78. The first-order chi connectivity index (χ1) is 18.3. The van der Waals surface area contributed by atoms with Gasteiger partial charge in [0.15, 0.2) is 0 Å². The number of hydrogen-bond donors (Lipinski definition) is 1. The molecule has 0 aliphatic carbocycles. The fourth-order valence-corrected chi connectivity index (χ4v) is 4.82. The number of ketones is 1. The number of aliphatic hydroxyl groups excluding tert-OH is 1. The second-order valence-corrected chi connectivity index (χ2v) is 9.22. The fourth-order valence-electron chi connectivity index (χ4n) is 4.82. The molecule has 1 fully saturated rings. The Morgan fingerprint density at radius 2 is 1.53 bits per heavy atom. The van der Waals surface area contributed by atoms with Gasteiger partial charge in [0.25, 0.3) is 11.7 Å². The predicted molar refractivity (Wildman–Crippen MR) is 147 cm³/mol. The summed E-state index contributed by atoms with van der Waals surface area (Å²) in [6, 6.07) is 25.9. The Kier molecular flexibility index (Phi) is 6.43. The van der Waals surface area contributed by atoms with Crippen LogP contribution >= 0.6 is 0 Å². The molecular weight excluding hydrogens is 480 g/mol. The first-order valence-corrected chi connectivity index (χ1v) is 12.1. The SMILES string of the molecule is COC(=O)c1ccc(N2C(=O)C(=O)/C(=C(\O)c3cccc4ccccc34)C2c2ccc(N(C)C)cc2)cc1. The zero-order chi connectivity index (χ0) is 27.0. The molecule has 0 bridgehead atoms. The molecule has 0 radical (unpaired) electrons. The maximum atomic E-state index is 13.5. The highest BCUT2D eigenvalue weighted by Gasteiger charge is 2.47. The van der Waals surface area contributed by atoms with Gasteiger partial charge < -0.3 is 14.7 Å². The lowest BCUT2D eigenvalue weighted by Crippen LogP contribution is -2.29. The monoisotopic (exact) mass is 506 g/mol. The minimum Gasteiger partial charge on any atom is -0.507 e. The molecule has 1 saturated heterocycles. The van der Waals surface area contributed by atoms with Crippen molar-refractivity contribution in [2.45, 2.75) is 6.04 Å². The number of rotatable bonds is 5. The van der Waals surface area contributed by atoms with Crippen molar-refractivity contribution in [3.05, 3.63) is 113 Å². The Morgan fingerprint density at radius 1 is 0.868 bits per heavy atom. The van der Waals surface area contributed by atoms with E-state index in [1.165, 1.54) is 24.1 Å². The summed E-state index contributed by atoms with van der Waals surface area (Å²) in [7, 11) is 5.13. The van der Waals surface area contributed by atoms with Crippen LogP contribution in [0.3, 0.4) is 0 Å². The maximum absolute atomic E-state index is 13.5. The van der Waals surface area contributed by atoms with Crippen LogP contribution in [0, 0.1) is 0 Å². The van der Waals surface area contributed by atoms with Gasteiger partial charge in [-0.1, -0.05) is 54.6 Å². The molecule has 0 spiro atoms. The molecule has 1 amide bonds. The van der Waals surface area contributed by atoms with Crippen LogP contribution in [0.2, 0.25) is 0 Å². The van der Waals surface area contributed by atoms with Crippen molar-refractivity contribution in [3.63, 3.8) is 0 Å². The van der Waals surface area contributed by atoms with Gasteiger partial charge in [0.1, 0.15) is 5.76 Å². The quantitative estimate of drug-likeness (QED) is 0.171. The Labute approximate surface area is 220 Å². The number of fused-ring (bicyclic) bond motifs is 1. The average Bonchev–Trinajstić information content (AvgIpc) is 3.22. The molecule has 1 unspecified atom stereocenters. The molecule has 190 valence electrons. The first-order valence-electron chi connectivity index (χ1n) is 12.1. The van der Waals surface area contributed by atoms with E-state index in [4.69, 9.17) is 4.74 Å². The third kappa shape index (κ3) is 4.18. The van der Waals surface area contributed by atoms with Crippen LogP contribution in [-0.4, -0.2) is 44.0 Å². The Hall–Kier alpha value is -4.91. The molecule has 7 heteroatoms. The summed E-state index contributed by atoms with van der Waals surface area (Å²) in [6.45, 7) is 0. The second-order valence-electron chi connectivity index (χ2n) is 9.22. The molecule has 7 nitrogen and oxygen atoms in total. The molecule has 1 aliphatic rings. The highest BCUT2D eigenvalue weighted by Crippen LogP contribution is 2.43. The Bertz CT molecular complexity index is 1580. The van der Waals surface area contributed by atoms with Gasteiger partial charge in [0.05, 0.1) is 24.3 Å². The summed E-state index contributed by atoms with van der Waals surface area (Å²) in [6.07, 6.45) is 0. The van der Waals surface area contributed by atoms with E-state index in [1.54, 1.807) is 24.3 Å². The van der Waals surface area contributed by atoms with Gasteiger partial charge in [-0.05, 0) is 52.7 Å². The summed E-state index contributed by atoms with van der Waals surface area (Å²) in [5.41, 5.74) is 2.81. The van der Waals surface area contributed by atoms with Gasteiger partial charge in [0.2, 0.25) is 0 Å². The van der Waals surface area contributed by atoms with E-state index in [2.05, 4.69) is 0 Å². The molecule has 38 heavy (non-hydrogen) atoms. The van der Waals surface area contributed by atoms with Crippen molar-refractivity contribution in [1.29, 1.82) is 0 Å². The van der Waals surface area contributed by atoms with Gasteiger partial charge in [-0.2, -0.15) is 0 Å². The lowest BCUT2D eigenvalue weighted by molar-refractivity contribution is -0.132. The van der Waals surface area contributed by atoms with E-state index in [0.717, 1.165) is 16.5 Å². The van der Waals surface area contributed by atoms with Crippen LogP contribution < -0.4 is 9.80 Å². The van der Waals surface area contributed by atoms with Gasteiger partial charge in [-0.25, -0.2) is 4.79 Å². The number of amides is 1. The van der Waals surface area contributed by atoms with Crippen LogP contribution in [0.5, 0.6) is 0 Å². The largest absolute Gasteiger partial charge is 0.507 e. The number of nitrogens with zero attached hydrogens (tertiary/aromatic N) is 2. The zero-order valence-corrected chi connectivity index (χ0v) is 21.2. The first kappa shape index (κ1) is 24.8. The van der Waals surface area contributed by atoms with E-state index >= 15 is 0 Å². The minimum atomic E-state index is -0.880. The number of carbonyl (C=O) groups is 3. The standard InChI is InChI=1S/C31H26N2O5/c1-32(2)22-15-11-20(12-16-22)27-26(28(34)25-10-6-8-19-7-4-5-9-24(19)25)29(35)30(36)33(27)23-17-13-21(14-18-23)31(37)38-3/h4-18,27,34H,1-3H3/b28-26-. The highest BCUT2D eigenvalue weighted by atomic mass is 16.5. The van der Waals surface area contributed by atoms with E-state index in [9.17, 15) is 19.5 Å². The summed E-state index contributed by atoms with van der Waals surface area (Å²) in [4.78, 5) is 42.3. The molecule has 4 aromatic carbocycles. The number of aliphatic hydroxyl groups is 1. The van der Waals surface area contributed by atoms with E-state index in [-0.39, 0.29) is 11.3 Å². The average molecular weight is 507 g/mol. The lowest BCUT2D eigenvalue weighted by Gasteiger charge is -2.26. The van der Waals surface area contributed by atoms with Gasteiger partial charge in [0, 0.05) is 31.0 Å². The second kappa shape index (κ2) is 9.86. The molecule has 0 aromatic heterocycles. The Morgan fingerprint density at radius 3 is 2.18 bits per heavy atom. The number of carbonyl (C=O) groups excluding carboxylic acids is 3. The van der Waals surface area contributed by atoms with Crippen molar-refractivity contribution in [2.24, 2.45) is 0 Å². The topological polar surface area (TPSA) is 87.1 Å². The van der Waals surface area contributed by atoms with Crippen LogP contribution in [0.1, 0.15) is 27.5 Å². The van der Waals surface area contributed by atoms with Crippen molar-refractivity contribution in [1.82, 2.24) is 0 Å². The number of Topliss-reactive ketones (excluding diaryl/α,β-unsaturated/α-hetero) is 1. The summed E-state index contributed by atoms with van der Waals surface area (Å²) in [5, 5.41) is 13.3. The third-order valence-corrected chi connectivity index (χ3v) is 6.78. The molecule has 1 aliphatic heterocycles. The predicted octanol–water partition coefficient (Wildman–Crippen LogP) is 5.32. The van der Waals surface area contributed by atoms with Crippen molar-refractivity contribution >= 4 is 45.6 Å². The van der Waals surface area contributed by atoms with Crippen LogP contribution in [0.15, 0.2) is 96.6 Å². The number of hydrogen-bond acceptors (Lipinski definition) is 6. The molecular formula is C31H26N2O5. The van der Waals surface area contributed by atoms with Crippen molar-refractivity contribution in [2.75, 3.05) is 31.0 Å². The number of methoxy groups -OCH3 is 1. The normalized spacial score (nSPS) is 16.6. The van der Waals surface area contributed by atoms with Gasteiger partial charge >= 0.3 is 5.97 Å². The molecule has 4 aromatic rings. The fraction of sp³-hybridized carbons (Fsp3) is 0.129. The van der Waals surface area contributed by atoms with Gasteiger partial charge in [-0.3, -0.25) is 14.5 Å². The van der Waals surface area contributed by atoms with Crippen molar-refractivity contribution < 1.29 is 24.2 Å². The molecule has 0 saturated carbocycles. The molecule has 1 N–H and O–H groups in total. The van der Waals surface area contributed by atoms with Crippen LogP contribution in [0.25, 0.3) is 16.5 Å². The molecule has 5 rings (SSSR count). The number of esters is 1. The third-order valence-electron chi connectivity index (χ3n) is 6.78. The molecule has 1 atom stereocenters. The van der Waals surface area contributed by atoms with E-state index in [1.807, 2.05) is 73.6 Å². The zero-order valence-electron chi connectivity index (χ0n) is 21.2. The van der Waals surface area contributed by atoms with Crippen molar-refractivity contribution in [3.8, 4) is 0 Å². The smallest absolute Gasteiger partial charge is 0.337 e. The van der Waals surface area contributed by atoms with Crippen LogP contribution in [-0.2, 0) is 14.3 Å². The van der Waals surface area contributed by atoms with E-state index < -0.39 is 23.7 Å². The number of ether oxygens (including phenoxy) is 1. The van der Waals surface area contributed by atoms with E-state index in [0.29, 0.717) is 22.4 Å². The number of benzene rings is 4. The minimum absolute atomic E-state index is 0.000926. The Balaban J connectivity index is 1.71. The number of anilines is 2. The lowest BCUT2D eigenvalue weighted by atomic mass is 9.93. The maximum Gasteiger partial charge on any atom is 0.337 e.